The highest BCUT2D eigenvalue weighted by molar-refractivity contribution is 6.01. The standard InChI is InChI=1S/C22H22N2O4/c1-4-19(16-7-5-14(2)6-8-16)23-24-21(25)13-27-17-9-10-18-15(3)11-22(26)28-20(18)12-17/h5-12H,4,13H2,1-3H3,(H,24,25)/b23-19-. The average molecular weight is 378 g/mol. The largest absolute Gasteiger partial charge is 0.484 e. The van der Waals surface area contributed by atoms with Crippen LogP contribution in [0.3, 0.4) is 0 Å². The van der Waals surface area contributed by atoms with Gasteiger partial charge in [-0.1, -0.05) is 36.8 Å². The monoisotopic (exact) mass is 378 g/mol. The maximum atomic E-state index is 12.1. The van der Waals surface area contributed by atoms with Gasteiger partial charge >= 0.3 is 5.63 Å². The Bertz CT molecular complexity index is 1080. The zero-order valence-corrected chi connectivity index (χ0v) is 16.1. The number of hydrogen-bond donors (Lipinski definition) is 1. The van der Waals surface area contributed by atoms with Crippen LogP contribution in [0.25, 0.3) is 11.0 Å². The van der Waals surface area contributed by atoms with Crippen LogP contribution in [0.4, 0.5) is 0 Å². The van der Waals surface area contributed by atoms with Gasteiger partial charge in [0.2, 0.25) is 0 Å². The predicted molar refractivity (Wildman–Crippen MR) is 109 cm³/mol. The van der Waals surface area contributed by atoms with E-state index in [0.29, 0.717) is 17.8 Å². The van der Waals surface area contributed by atoms with Crippen molar-refractivity contribution in [2.45, 2.75) is 27.2 Å². The molecule has 2 aromatic carbocycles. The van der Waals surface area contributed by atoms with Crippen LogP contribution in [0, 0.1) is 13.8 Å². The number of hydrogen-bond acceptors (Lipinski definition) is 5. The number of nitrogens with one attached hydrogen (secondary N) is 1. The minimum Gasteiger partial charge on any atom is -0.484 e. The number of fused-ring (bicyclic) bond motifs is 1. The summed E-state index contributed by atoms with van der Waals surface area (Å²) >= 11 is 0. The Balaban J connectivity index is 1.64. The van der Waals surface area contributed by atoms with E-state index in [-0.39, 0.29) is 12.5 Å². The highest BCUT2D eigenvalue weighted by Crippen LogP contribution is 2.22. The average Bonchev–Trinajstić information content (AvgIpc) is 2.67. The Hall–Kier alpha value is -3.41. The Morgan fingerprint density at radius 1 is 1.11 bits per heavy atom. The molecular formula is C22H22N2O4. The predicted octanol–water partition coefficient (Wildman–Crippen LogP) is 3.72. The lowest BCUT2D eigenvalue weighted by Gasteiger charge is -2.08. The lowest BCUT2D eigenvalue weighted by molar-refractivity contribution is -0.123. The highest BCUT2D eigenvalue weighted by atomic mass is 16.5. The third-order valence-electron chi connectivity index (χ3n) is 4.33. The van der Waals surface area contributed by atoms with E-state index in [9.17, 15) is 9.59 Å². The van der Waals surface area contributed by atoms with Crippen molar-refractivity contribution in [1.29, 1.82) is 0 Å². The first-order valence-electron chi connectivity index (χ1n) is 9.06. The summed E-state index contributed by atoms with van der Waals surface area (Å²) in [6, 6.07) is 14.5. The summed E-state index contributed by atoms with van der Waals surface area (Å²) in [7, 11) is 0. The Labute approximate surface area is 162 Å². The van der Waals surface area contributed by atoms with Gasteiger partial charge in [0.25, 0.3) is 5.91 Å². The second-order valence-electron chi connectivity index (χ2n) is 6.51. The molecule has 0 aliphatic rings. The lowest BCUT2D eigenvalue weighted by Crippen LogP contribution is -2.26. The fraction of sp³-hybridized carbons (Fsp3) is 0.227. The van der Waals surface area contributed by atoms with Gasteiger partial charge in [0.15, 0.2) is 6.61 Å². The molecule has 0 fully saturated rings. The summed E-state index contributed by atoms with van der Waals surface area (Å²) in [6.07, 6.45) is 0.688. The molecule has 3 rings (SSSR count). The van der Waals surface area contributed by atoms with Crippen LogP contribution in [-0.4, -0.2) is 18.2 Å². The topological polar surface area (TPSA) is 80.9 Å². The molecule has 0 aliphatic carbocycles. The molecule has 1 N–H and O–H groups in total. The number of nitrogens with zero attached hydrogens (tertiary/aromatic N) is 1. The summed E-state index contributed by atoms with van der Waals surface area (Å²) in [4.78, 5) is 23.6. The zero-order chi connectivity index (χ0) is 20.1. The summed E-state index contributed by atoms with van der Waals surface area (Å²) in [5, 5.41) is 5.03. The van der Waals surface area contributed by atoms with E-state index >= 15 is 0 Å². The van der Waals surface area contributed by atoms with E-state index in [4.69, 9.17) is 9.15 Å². The van der Waals surface area contributed by atoms with Crippen molar-refractivity contribution < 1.29 is 13.9 Å². The van der Waals surface area contributed by atoms with Crippen LogP contribution in [0.1, 0.15) is 30.0 Å². The van der Waals surface area contributed by atoms with Crippen molar-refractivity contribution >= 4 is 22.6 Å². The van der Waals surface area contributed by atoms with Gasteiger partial charge in [-0.2, -0.15) is 5.10 Å². The van der Waals surface area contributed by atoms with E-state index in [1.54, 1.807) is 18.2 Å². The number of benzene rings is 2. The molecule has 144 valence electrons. The first-order chi connectivity index (χ1) is 13.5. The Morgan fingerprint density at radius 2 is 1.86 bits per heavy atom. The molecule has 28 heavy (non-hydrogen) atoms. The van der Waals surface area contributed by atoms with E-state index in [1.165, 1.54) is 6.07 Å². The molecule has 0 spiro atoms. The molecule has 0 saturated carbocycles. The molecule has 1 amide bonds. The van der Waals surface area contributed by atoms with E-state index in [0.717, 1.165) is 27.8 Å². The van der Waals surface area contributed by atoms with Crippen molar-refractivity contribution in [3.63, 3.8) is 0 Å². The lowest BCUT2D eigenvalue weighted by atomic mass is 10.1. The molecular weight excluding hydrogens is 356 g/mol. The van der Waals surface area contributed by atoms with Gasteiger partial charge in [-0.05, 0) is 43.5 Å². The normalized spacial score (nSPS) is 11.5. The summed E-state index contributed by atoms with van der Waals surface area (Å²) < 4.78 is 10.7. The number of amides is 1. The number of carbonyl (C=O) groups excluding carboxylic acids is 1. The van der Waals surface area contributed by atoms with Crippen LogP contribution >= 0.6 is 0 Å². The number of carbonyl (C=O) groups is 1. The number of hydrazone groups is 1. The number of aryl methyl sites for hydroxylation is 2. The van der Waals surface area contributed by atoms with Gasteiger partial charge in [0, 0.05) is 17.5 Å². The first-order valence-corrected chi connectivity index (χ1v) is 9.06. The van der Waals surface area contributed by atoms with Crippen LogP contribution < -0.4 is 15.8 Å². The quantitative estimate of drug-likeness (QED) is 0.403. The Morgan fingerprint density at radius 3 is 2.57 bits per heavy atom. The molecule has 0 bridgehead atoms. The van der Waals surface area contributed by atoms with Crippen molar-refractivity contribution in [3.05, 3.63) is 75.6 Å². The maximum absolute atomic E-state index is 12.1. The number of rotatable bonds is 6. The van der Waals surface area contributed by atoms with Crippen LogP contribution in [0.2, 0.25) is 0 Å². The van der Waals surface area contributed by atoms with Crippen molar-refractivity contribution in [1.82, 2.24) is 5.43 Å². The number of ether oxygens (including phenoxy) is 1. The van der Waals surface area contributed by atoms with Crippen molar-refractivity contribution in [3.8, 4) is 5.75 Å². The first kappa shape index (κ1) is 19.4. The van der Waals surface area contributed by atoms with Crippen LogP contribution in [0.15, 0.2) is 62.8 Å². The summed E-state index contributed by atoms with van der Waals surface area (Å²) in [5.41, 5.74) is 6.28. The van der Waals surface area contributed by atoms with Gasteiger partial charge in [-0.25, -0.2) is 10.2 Å². The molecule has 1 heterocycles. The SMILES string of the molecule is CC/C(=N/NC(=O)COc1ccc2c(C)cc(=O)oc2c1)c1ccc(C)cc1. The molecule has 3 aromatic rings. The molecule has 0 saturated heterocycles. The molecule has 6 heteroatoms. The van der Waals surface area contributed by atoms with E-state index < -0.39 is 5.63 Å². The molecule has 0 aliphatic heterocycles. The van der Waals surface area contributed by atoms with Gasteiger partial charge < -0.3 is 9.15 Å². The molecule has 6 nitrogen and oxygen atoms in total. The van der Waals surface area contributed by atoms with Crippen LogP contribution in [-0.2, 0) is 4.79 Å². The van der Waals surface area contributed by atoms with Crippen LogP contribution in [0.5, 0.6) is 5.75 Å². The molecule has 0 atom stereocenters. The second-order valence-corrected chi connectivity index (χ2v) is 6.51. The third-order valence-corrected chi connectivity index (χ3v) is 4.33. The van der Waals surface area contributed by atoms with E-state index in [2.05, 4.69) is 10.5 Å². The zero-order valence-electron chi connectivity index (χ0n) is 16.1. The van der Waals surface area contributed by atoms with Gasteiger partial charge in [-0.3, -0.25) is 4.79 Å². The molecule has 0 unspecified atom stereocenters. The smallest absolute Gasteiger partial charge is 0.336 e. The minimum absolute atomic E-state index is 0.198. The Kier molecular flexibility index (Phi) is 5.89. The van der Waals surface area contributed by atoms with Crippen molar-refractivity contribution in [2.24, 2.45) is 5.10 Å². The van der Waals surface area contributed by atoms with Gasteiger partial charge in [0.05, 0.1) is 5.71 Å². The maximum Gasteiger partial charge on any atom is 0.336 e. The second kappa shape index (κ2) is 8.52. The third kappa shape index (κ3) is 4.65. The van der Waals surface area contributed by atoms with E-state index in [1.807, 2.05) is 45.0 Å². The molecule has 0 radical (unpaired) electrons. The van der Waals surface area contributed by atoms with Gasteiger partial charge in [0.1, 0.15) is 11.3 Å². The fourth-order valence-corrected chi connectivity index (χ4v) is 2.80. The van der Waals surface area contributed by atoms with Crippen molar-refractivity contribution in [2.75, 3.05) is 6.61 Å². The fourth-order valence-electron chi connectivity index (χ4n) is 2.80. The molecule has 1 aromatic heterocycles. The highest BCUT2D eigenvalue weighted by Gasteiger charge is 2.07. The summed E-state index contributed by atoms with van der Waals surface area (Å²) in [5.74, 6) is 0.0680. The minimum atomic E-state index is -0.419. The summed E-state index contributed by atoms with van der Waals surface area (Å²) in [6.45, 7) is 5.64. The van der Waals surface area contributed by atoms with Gasteiger partial charge in [-0.15, -0.1) is 0 Å².